The van der Waals surface area contributed by atoms with Crippen molar-refractivity contribution in [3.63, 3.8) is 0 Å². The molecule has 1 heterocycles. The van der Waals surface area contributed by atoms with Gasteiger partial charge in [0.15, 0.2) is 6.10 Å². The maximum absolute atomic E-state index is 12.2. The zero-order valence-corrected chi connectivity index (χ0v) is 30.5. The third-order valence-corrected chi connectivity index (χ3v) is 8.84. The second kappa shape index (κ2) is 32.6. The van der Waals surface area contributed by atoms with E-state index in [1.807, 2.05) is 0 Å². The SMILES string of the molecule is CCCCC/C=C\CC1OC1C/C=C\C/C=C\CCCC(=O)O[C@@H](CO)COC(=O)CCCCCCCCCCCCCCCCC. The summed E-state index contributed by atoms with van der Waals surface area (Å²) in [5.74, 6) is -0.659. The molecular weight excluding hydrogens is 588 g/mol. The number of epoxide rings is 1. The normalized spacial score (nSPS) is 16.8. The standard InChI is InChI=1S/C41H72O6/c1-3-5-7-9-11-12-13-14-15-16-17-18-21-25-29-33-40(43)45-36-37(35-42)46-41(44)34-30-26-22-19-20-24-28-32-39-38(47-39)31-27-23-10-8-6-4-2/h19,22-24,27-28,37-39,42H,3-18,20-21,25-26,29-36H2,1-2H3/b22-19-,27-23-,28-24-/t37-,38?,39?/m0/s1. The molecule has 0 aromatic heterocycles. The molecule has 0 amide bonds. The van der Waals surface area contributed by atoms with Gasteiger partial charge >= 0.3 is 11.9 Å². The van der Waals surface area contributed by atoms with Gasteiger partial charge in [0.25, 0.3) is 0 Å². The van der Waals surface area contributed by atoms with E-state index in [0.29, 0.717) is 25.0 Å². The highest BCUT2D eigenvalue weighted by Gasteiger charge is 2.35. The Morgan fingerprint density at radius 1 is 0.596 bits per heavy atom. The molecule has 0 aromatic rings. The average Bonchev–Trinajstić information content (AvgIpc) is 3.83. The first-order valence-electron chi connectivity index (χ1n) is 19.7. The highest BCUT2D eigenvalue weighted by molar-refractivity contribution is 5.70. The second-order valence-electron chi connectivity index (χ2n) is 13.4. The number of aliphatic hydroxyl groups excluding tert-OH is 1. The maximum Gasteiger partial charge on any atom is 0.306 e. The van der Waals surface area contributed by atoms with E-state index in [1.165, 1.54) is 103 Å². The van der Waals surface area contributed by atoms with E-state index in [-0.39, 0.29) is 31.6 Å². The van der Waals surface area contributed by atoms with Crippen LogP contribution in [-0.2, 0) is 23.8 Å². The van der Waals surface area contributed by atoms with Gasteiger partial charge in [0.05, 0.1) is 18.8 Å². The topological polar surface area (TPSA) is 85.4 Å². The van der Waals surface area contributed by atoms with Gasteiger partial charge in [0, 0.05) is 12.8 Å². The van der Waals surface area contributed by atoms with Crippen molar-refractivity contribution in [2.75, 3.05) is 13.2 Å². The van der Waals surface area contributed by atoms with Gasteiger partial charge in [0.2, 0.25) is 0 Å². The summed E-state index contributed by atoms with van der Waals surface area (Å²) in [5, 5.41) is 9.55. The Balaban J connectivity index is 1.92. The Bertz CT molecular complexity index is 819. The van der Waals surface area contributed by atoms with Crippen molar-refractivity contribution in [2.45, 2.75) is 199 Å². The summed E-state index contributed by atoms with van der Waals surface area (Å²) in [7, 11) is 0. The number of hydrogen-bond acceptors (Lipinski definition) is 6. The average molecular weight is 661 g/mol. The zero-order chi connectivity index (χ0) is 34.0. The molecule has 0 saturated carbocycles. The Morgan fingerprint density at radius 2 is 1.06 bits per heavy atom. The number of allylic oxidation sites excluding steroid dienone is 4. The minimum atomic E-state index is -0.801. The van der Waals surface area contributed by atoms with Gasteiger partial charge < -0.3 is 19.3 Å². The number of rotatable bonds is 34. The number of hydrogen-bond donors (Lipinski definition) is 1. The molecule has 0 aliphatic carbocycles. The van der Waals surface area contributed by atoms with Gasteiger partial charge in [-0.1, -0.05) is 153 Å². The molecule has 2 unspecified atom stereocenters. The van der Waals surface area contributed by atoms with Crippen LogP contribution in [-0.4, -0.2) is 48.6 Å². The highest BCUT2D eigenvalue weighted by Crippen LogP contribution is 2.29. The third kappa shape index (κ3) is 28.8. The van der Waals surface area contributed by atoms with Crippen LogP contribution in [0.4, 0.5) is 0 Å². The molecular formula is C41H72O6. The molecule has 0 aromatic carbocycles. The van der Waals surface area contributed by atoms with Crippen LogP contribution in [0.1, 0.15) is 181 Å². The lowest BCUT2D eigenvalue weighted by Gasteiger charge is -2.15. The molecule has 0 spiro atoms. The van der Waals surface area contributed by atoms with Gasteiger partial charge in [-0.15, -0.1) is 0 Å². The van der Waals surface area contributed by atoms with Crippen LogP contribution in [0, 0.1) is 0 Å². The molecule has 0 bridgehead atoms. The molecule has 1 aliphatic heterocycles. The predicted octanol–water partition coefficient (Wildman–Crippen LogP) is 11.1. The van der Waals surface area contributed by atoms with Gasteiger partial charge in [-0.25, -0.2) is 0 Å². The Labute approximate surface area is 289 Å². The molecule has 1 rings (SSSR count). The molecule has 0 radical (unpaired) electrons. The van der Waals surface area contributed by atoms with Crippen molar-refractivity contribution in [1.29, 1.82) is 0 Å². The number of carbonyl (C=O) groups is 2. The monoisotopic (exact) mass is 661 g/mol. The molecule has 47 heavy (non-hydrogen) atoms. The van der Waals surface area contributed by atoms with Crippen LogP contribution in [0.15, 0.2) is 36.5 Å². The minimum absolute atomic E-state index is 0.0888. The van der Waals surface area contributed by atoms with Crippen molar-refractivity contribution < 1.29 is 28.9 Å². The van der Waals surface area contributed by atoms with E-state index in [0.717, 1.165) is 44.9 Å². The lowest BCUT2D eigenvalue weighted by atomic mass is 10.0. The van der Waals surface area contributed by atoms with Crippen molar-refractivity contribution in [2.24, 2.45) is 0 Å². The fourth-order valence-electron chi connectivity index (χ4n) is 5.71. The number of esters is 2. The van der Waals surface area contributed by atoms with E-state index >= 15 is 0 Å². The Hall–Kier alpha value is -1.92. The molecule has 3 atom stereocenters. The fourth-order valence-corrected chi connectivity index (χ4v) is 5.71. The zero-order valence-electron chi connectivity index (χ0n) is 30.5. The van der Waals surface area contributed by atoms with Gasteiger partial charge in [-0.05, 0) is 51.4 Å². The quantitative estimate of drug-likeness (QED) is 0.0320. The van der Waals surface area contributed by atoms with Crippen molar-refractivity contribution in [1.82, 2.24) is 0 Å². The summed E-state index contributed by atoms with van der Waals surface area (Å²) in [6.07, 6.45) is 42.4. The number of unbranched alkanes of at least 4 members (excludes halogenated alkanes) is 18. The van der Waals surface area contributed by atoms with Crippen molar-refractivity contribution >= 4 is 11.9 Å². The molecule has 1 saturated heterocycles. The summed E-state index contributed by atoms with van der Waals surface area (Å²) >= 11 is 0. The lowest BCUT2D eigenvalue weighted by Crippen LogP contribution is -2.28. The summed E-state index contributed by atoms with van der Waals surface area (Å²) in [4.78, 5) is 24.2. The van der Waals surface area contributed by atoms with Gasteiger partial charge in [-0.2, -0.15) is 0 Å². The summed E-state index contributed by atoms with van der Waals surface area (Å²) in [6.45, 7) is 4.06. The van der Waals surface area contributed by atoms with E-state index in [2.05, 4.69) is 50.3 Å². The first-order chi connectivity index (χ1) is 23.1. The van der Waals surface area contributed by atoms with Crippen LogP contribution in [0.5, 0.6) is 0 Å². The summed E-state index contributed by atoms with van der Waals surface area (Å²) in [5.41, 5.74) is 0. The van der Waals surface area contributed by atoms with Crippen LogP contribution in [0.3, 0.4) is 0 Å². The highest BCUT2D eigenvalue weighted by atomic mass is 16.6. The van der Waals surface area contributed by atoms with Crippen molar-refractivity contribution in [3.8, 4) is 0 Å². The number of aliphatic hydroxyl groups is 1. The second-order valence-corrected chi connectivity index (χ2v) is 13.4. The van der Waals surface area contributed by atoms with E-state index in [1.54, 1.807) is 0 Å². The van der Waals surface area contributed by atoms with E-state index in [4.69, 9.17) is 14.2 Å². The third-order valence-electron chi connectivity index (χ3n) is 8.84. The molecule has 1 fully saturated rings. The number of carbonyl (C=O) groups excluding carboxylic acids is 2. The smallest absolute Gasteiger partial charge is 0.306 e. The Kier molecular flexibility index (Phi) is 29.9. The molecule has 1 N–H and O–H groups in total. The van der Waals surface area contributed by atoms with Gasteiger partial charge in [-0.3, -0.25) is 9.59 Å². The molecule has 1 aliphatic rings. The summed E-state index contributed by atoms with van der Waals surface area (Å²) < 4.78 is 16.3. The Morgan fingerprint density at radius 3 is 1.66 bits per heavy atom. The van der Waals surface area contributed by atoms with E-state index in [9.17, 15) is 14.7 Å². The first kappa shape index (κ1) is 43.1. The summed E-state index contributed by atoms with van der Waals surface area (Å²) in [6, 6.07) is 0. The minimum Gasteiger partial charge on any atom is -0.462 e. The van der Waals surface area contributed by atoms with Crippen LogP contribution >= 0.6 is 0 Å². The largest absolute Gasteiger partial charge is 0.462 e. The van der Waals surface area contributed by atoms with E-state index < -0.39 is 6.10 Å². The fraction of sp³-hybridized carbons (Fsp3) is 0.805. The molecule has 272 valence electrons. The number of ether oxygens (including phenoxy) is 3. The predicted molar refractivity (Wildman–Crippen MR) is 195 cm³/mol. The first-order valence-corrected chi connectivity index (χ1v) is 19.7. The van der Waals surface area contributed by atoms with Gasteiger partial charge in [0.1, 0.15) is 6.61 Å². The van der Waals surface area contributed by atoms with Crippen LogP contribution < -0.4 is 0 Å². The molecule has 6 nitrogen and oxygen atoms in total. The van der Waals surface area contributed by atoms with Crippen molar-refractivity contribution in [3.05, 3.63) is 36.5 Å². The molecule has 6 heteroatoms. The lowest BCUT2D eigenvalue weighted by molar-refractivity contribution is -0.161. The van der Waals surface area contributed by atoms with Crippen LogP contribution in [0.25, 0.3) is 0 Å². The van der Waals surface area contributed by atoms with Crippen LogP contribution in [0.2, 0.25) is 0 Å². The maximum atomic E-state index is 12.2.